The quantitative estimate of drug-likeness (QED) is 0.934. The Kier molecular flexibility index (Phi) is 3.91. The Balaban J connectivity index is 1.59. The molecule has 3 rings (SSSR count). The van der Waals surface area contributed by atoms with Gasteiger partial charge in [0.05, 0.1) is 11.4 Å². The van der Waals surface area contributed by atoms with Gasteiger partial charge in [0.15, 0.2) is 4.96 Å². The first-order chi connectivity index (χ1) is 8.84. The summed E-state index contributed by atoms with van der Waals surface area (Å²) < 4.78 is 2.21. The Morgan fingerprint density at radius 1 is 1.44 bits per heavy atom. The van der Waals surface area contributed by atoms with Crippen molar-refractivity contribution in [3.63, 3.8) is 0 Å². The predicted octanol–water partition coefficient (Wildman–Crippen LogP) is 2.94. The first-order valence-corrected chi connectivity index (χ1v) is 8.57. The van der Waals surface area contributed by atoms with E-state index in [4.69, 9.17) is 0 Å². The summed E-state index contributed by atoms with van der Waals surface area (Å²) in [6.45, 7) is 4.19. The molecule has 1 fully saturated rings. The predicted molar refractivity (Wildman–Crippen MR) is 79.6 cm³/mol. The first kappa shape index (κ1) is 12.5. The van der Waals surface area contributed by atoms with Crippen LogP contribution in [0.3, 0.4) is 0 Å². The van der Waals surface area contributed by atoms with Crippen molar-refractivity contribution in [3.05, 3.63) is 23.0 Å². The maximum absolute atomic E-state index is 4.58. The number of aryl methyl sites for hydroxylation is 1. The zero-order valence-electron chi connectivity index (χ0n) is 10.7. The largest absolute Gasteiger partial charge is 0.311 e. The third-order valence-electron chi connectivity index (χ3n) is 3.63. The van der Waals surface area contributed by atoms with E-state index in [0.717, 1.165) is 29.7 Å². The van der Waals surface area contributed by atoms with Crippen molar-refractivity contribution in [2.45, 2.75) is 26.3 Å². The molecule has 3 heterocycles. The highest BCUT2D eigenvalue weighted by atomic mass is 32.2. The molecule has 1 saturated heterocycles. The Morgan fingerprint density at radius 2 is 2.28 bits per heavy atom. The SMILES string of the molecule is Cc1nc2sccn2c1CNCC1CCSCC1. The number of thiazole rings is 1. The maximum Gasteiger partial charge on any atom is 0.194 e. The number of hydrogen-bond donors (Lipinski definition) is 1. The summed E-state index contributed by atoms with van der Waals surface area (Å²) in [4.78, 5) is 5.69. The number of aromatic nitrogens is 2. The highest BCUT2D eigenvalue weighted by molar-refractivity contribution is 7.99. The molecule has 0 atom stereocenters. The van der Waals surface area contributed by atoms with Crippen LogP contribution in [0.1, 0.15) is 24.2 Å². The van der Waals surface area contributed by atoms with Crippen molar-refractivity contribution in [1.82, 2.24) is 14.7 Å². The Hall–Kier alpha value is -0.520. The van der Waals surface area contributed by atoms with Gasteiger partial charge in [0.25, 0.3) is 0 Å². The van der Waals surface area contributed by atoms with Crippen LogP contribution in [-0.2, 0) is 6.54 Å². The zero-order valence-corrected chi connectivity index (χ0v) is 12.3. The molecule has 18 heavy (non-hydrogen) atoms. The molecule has 0 saturated carbocycles. The van der Waals surface area contributed by atoms with Crippen LogP contribution in [0.2, 0.25) is 0 Å². The van der Waals surface area contributed by atoms with Crippen molar-refractivity contribution >= 4 is 28.1 Å². The Morgan fingerprint density at radius 3 is 3.11 bits per heavy atom. The fraction of sp³-hybridized carbons (Fsp3) is 0.615. The van der Waals surface area contributed by atoms with Crippen LogP contribution in [0, 0.1) is 12.8 Å². The van der Waals surface area contributed by atoms with Crippen molar-refractivity contribution in [1.29, 1.82) is 0 Å². The molecule has 5 heteroatoms. The van der Waals surface area contributed by atoms with Gasteiger partial charge >= 0.3 is 0 Å². The van der Waals surface area contributed by atoms with Crippen molar-refractivity contribution < 1.29 is 0 Å². The molecule has 0 amide bonds. The minimum atomic E-state index is 0.873. The number of imidazole rings is 1. The Labute approximate surface area is 116 Å². The lowest BCUT2D eigenvalue weighted by Gasteiger charge is -2.21. The minimum Gasteiger partial charge on any atom is -0.311 e. The third-order valence-corrected chi connectivity index (χ3v) is 5.43. The Bertz CT molecular complexity index is 511. The van der Waals surface area contributed by atoms with E-state index in [9.17, 15) is 0 Å². The van der Waals surface area contributed by atoms with Crippen LogP contribution in [0.4, 0.5) is 0 Å². The molecular weight excluding hydrogens is 262 g/mol. The number of thioether (sulfide) groups is 1. The summed E-state index contributed by atoms with van der Waals surface area (Å²) in [5, 5.41) is 5.72. The molecule has 1 aliphatic heterocycles. The molecule has 2 aromatic rings. The van der Waals surface area contributed by atoms with Gasteiger partial charge in [-0.25, -0.2) is 4.98 Å². The fourth-order valence-electron chi connectivity index (χ4n) is 2.50. The normalized spacial score (nSPS) is 17.6. The number of nitrogens with one attached hydrogen (secondary N) is 1. The molecule has 0 bridgehead atoms. The van der Waals surface area contributed by atoms with Gasteiger partial charge in [0, 0.05) is 18.1 Å². The van der Waals surface area contributed by atoms with Crippen LogP contribution in [0.5, 0.6) is 0 Å². The van der Waals surface area contributed by atoms with Crippen molar-refractivity contribution in [3.8, 4) is 0 Å². The summed E-state index contributed by atoms with van der Waals surface area (Å²) in [5.41, 5.74) is 2.48. The second kappa shape index (κ2) is 5.63. The van der Waals surface area contributed by atoms with Crippen LogP contribution < -0.4 is 5.32 Å². The van der Waals surface area contributed by atoms with E-state index < -0.39 is 0 Å². The van der Waals surface area contributed by atoms with Gasteiger partial charge < -0.3 is 5.32 Å². The topological polar surface area (TPSA) is 29.3 Å². The summed E-state index contributed by atoms with van der Waals surface area (Å²) >= 11 is 3.80. The molecule has 2 aromatic heterocycles. The highest BCUT2D eigenvalue weighted by Crippen LogP contribution is 2.22. The van der Waals surface area contributed by atoms with Gasteiger partial charge in [-0.15, -0.1) is 11.3 Å². The second-order valence-electron chi connectivity index (χ2n) is 4.89. The van der Waals surface area contributed by atoms with Crippen LogP contribution in [-0.4, -0.2) is 27.4 Å². The van der Waals surface area contributed by atoms with Gasteiger partial charge in [0.2, 0.25) is 0 Å². The molecule has 0 spiro atoms. The lowest BCUT2D eigenvalue weighted by molar-refractivity contribution is 0.445. The maximum atomic E-state index is 4.58. The molecule has 0 aromatic carbocycles. The van der Waals surface area contributed by atoms with Crippen LogP contribution in [0.25, 0.3) is 4.96 Å². The van der Waals surface area contributed by atoms with Gasteiger partial charge in [-0.05, 0) is 43.7 Å². The minimum absolute atomic E-state index is 0.873. The average Bonchev–Trinajstić information content (AvgIpc) is 2.93. The monoisotopic (exact) mass is 281 g/mol. The molecular formula is C13H19N3S2. The van der Waals surface area contributed by atoms with Crippen molar-refractivity contribution in [2.24, 2.45) is 5.92 Å². The molecule has 0 aliphatic carbocycles. The molecule has 3 nitrogen and oxygen atoms in total. The van der Waals surface area contributed by atoms with Gasteiger partial charge in [-0.2, -0.15) is 11.8 Å². The van der Waals surface area contributed by atoms with E-state index >= 15 is 0 Å². The molecule has 0 radical (unpaired) electrons. The van der Waals surface area contributed by atoms with E-state index in [1.54, 1.807) is 11.3 Å². The van der Waals surface area contributed by atoms with E-state index in [1.807, 2.05) is 0 Å². The number of fused-ring (bicyclic) bond motifs is 1. The van der Waals surface area contributed by atoms with Gasteiger partial charge in [-0.1, -0.05) is 0 Å². The van der Waals surface area contributed by atoms with E-state index in [-0.39, 0.29) is 0 Å². The number of rotatable bonds is 4. The molecule has 98 valence electrons. The smallest absolute Gasteiger partial charge is 0.194 e. The summed E-state index contributed by atoms with van der Waals surface area (Å²) in [7, 11) is 0. The average molecular weight is 281 g/mol. The van der Waals surface area contributed by atoms with Gasteiger partial charge in [0.1, 0.15) is 0 Å². The third kappa shape index (κ3) is 2.58. The number of nitrogens with zero attached hydrogens (tertiary/aromatic N) is 2. The van der Waals surface area contributed by atoms with E-state index in [2.05, 4.69) is 45.0 Å². The van der Waals surface area contributed by atoms with E-state index in [1.165, 1.54) is 30.0 Å². The van der Waals surface area contributed by atoms with Gasteiger partial charge in [-0.3, -0.25) is 4.40 Å². The molecule has 1 N–H and O–H groups in total. The summed E-state index contributed by atoms with van der Waals surface area (Å²) in [6.07, 6.45) is 4.86. The van der Waals surface area contributed by atoms with Crippen LogP contribution >= 0.6 is 23.1 Å². The van der Waals surface area contributed by atoms with Crippen LogP contribution in [0.15, 0.2) is 11.6 Å². The standard InChI is InChI=1S/C13H19N3S2/c1-10-12(16-4-7-18-13(16)15-10)9-14-8-11-2-5-17-6-3-11/h4,7,11,14H,2-3,5-6,8-9H2,1H3. The highest BCUT2D eigenvalue weighted by Gasteiger charge is 2.14. The summed E-state index contributed by atoms with van der Waals surface area (Å²) in [5.74, 6) is 3.55. The first-order valence-electron chi connectivity index (χ1n) is 6.54. The number of hydrogen-bond acceptors (Lipinski definition) is 4. The fourth-order valence-corrected chi connectivity index (χ4v) is 4.48. The zero-order chi connectivity index (χ0) is 12.4. The molecule has 1 aliphatic rings. The lowest BCUT2D eigenvalue weighted by Crippen LogP contribution is -2.26. The van der Waals surface area contributed by atoms with E-state index in [0.29, 0.717) is 0 Å². The van der Waals surface area contributed by atoms with Crippen molar-refractivity contribution in [2.75, 3.05) is 18.1 Å². The second-order valence-corrected chi connectivity index (χ2v) is 6.98. The summed E-state index contributed by atoms with van der Waals surface area (Å²) in [6, 6.07) is 0. The lowest BCUT2D eigenvalue weighted by atomic mass is 10.0. The molecule has 0 unspecified atom stereocenters.